The van der Waals surface area contributed by atoms with Crippen molar-refractivity contribution in [3.05, 3.63) is 35.4 Å². The van der Waals surface area contributed by atoms with E-state index in [1.807, 2.05) is 0 Å². The van der Waals surface area contributed by atoms with Crippen LogP contribution in [0, 0.1) is 0 Å². The first kappa shape index (κ1) is 25.6. The van der Waals surface area contributed by atoms with E-state index in [2.05, 4.69) is 49.9 Å². The first-order valence-electron chi connectivity index (χ1n) is 11.1. The molecule has 0 spiro atoms. The molecule has 1 fully saturated rings. The first-order valence-corrected chi connectivity index (χ1v) is 11.1. The maximum Gasteiger partial charge on any atom is 0.290 e. The number of likely N-dealkylation sites (tertiary alicyclic amines) is 1. The van der Waals surface area contributed by atoms with Gasteiger partial charge in [0.05, 0.1) is 0 Å². The highest BCUT2D eigenvalue weighted by Gasteiger charge is 2.11. The molecule has 3 heteroatoms. The van der Waals surface area contributed by atoms with E-state index in [1.165, 1.54) is 94.8 Å². The lowest BCUT2D eigenvalue weighted by atomic mass is 10.0. The Kier molecular flexibility index (Phi) is 18.4. The highest BCUT2D eigenvalue weighted by atomic mass is 16.3. The van der Waals surface area contributed by atoms with Gasteiger partial charge < -0.3 is 5.11 Å². The summed E-state index contributed by atoms with van der Waals surface area (Å²) in [5.74, 6) is 0. The van der Waals surface area contributed by atoms with Crippen LogP contribution in [0.1, 0.15) is 96.1 Å². The lowest BCUT2D eigenvalue weighted by Gasteiger charge is -2.14. The number of benzene rings is 1. The van der Waals surface area contributed by atoms with E-state index in [1.54, 1.807) is 0 Å². The Hall–Kier alpha value is -1.35. The average molecular weight is 378 g/mol. The maximum atomic E-state index is 8.36. The van der Waals surface area contributed by atoms with Crippen molar-refractivity contribution in [3.8, 4) is 0 Å². The summed E-state index contributed by atoms with van der Waals surface area (Å²) in [7, 11) is 0. The van der Waals surface area contributed by atoms with E-state index in [0.29, 0.717) is 0 Å². The summed E-state index contributed by atoms with van der Waals surface area (Å²) in [6.07, 6.45) is 15.1. The molecule has 2 rings (SSSR count). The van der Waals surface area contributed by atoms with Crippen LogP contribution >= 0.6 is 0 Å². The molecular formula is C24H43NO2. The predicted molar refractivity (Wildman–Crippen MR) is 117 cm³/mol. The summed E-state index contributed by atoms with van der Waals surface area (Å²) >= 11 is 0. The van der Waals surface area contributed by atoms with E-state index in [-0.39, 0.29) is 6.47 Å². The molecule has 0 radical (unpaired) electrons. The van der Waals surface area contributed by atoms with E-state index >= 15 is 0 Å². The molecule has 1 N–H and O–H groups in total. The Labute approximate surface area is 168 Å². The number of unbranched alkanes of at least 4 members (excludes halogenated alkanes) is 6. The Bertz CT molecular complexity index is 425. The van der Waals surface area contributed by atoms with Gasteiger partial charge in [-0.2, -0.15) is 0 Å². The first-order chi connectivity index (χ1) is 13.2. The van der Waals surface area contributed by atoms with E-state index < -0.39 is 0 Å². The van der Waals surface area contributed by atoms with Crippen LogP contribution in [0.25, 0.3) is 0 Å². The van der Waals surface area contributed by atoms with Crippen molar-refractivity contribution in [1.29, 1.82) is 0 Å². The van der Waals surface area contributed by atoms with Gasteiger partial charge >= 0.3 is 0 Å². The third kappa shape index (κ3) is 15.4. The molecular weight excluding hydrogens is 334 g/mol. The van der Waals surface area contributed by atoms with Crippen molar-refractivity contribution in [2.24, 2.45) is 0 Å². The van der Waals surface area contributed by atoms with Crippen LogP contribution in [0.2, 0.25) is 0 Å². The quantitative estimate of drug-likeness (QED) is 0.364. The van der Waals surface area contributed by atoms with E-state index in [0.717, 1.165) is 6.54 Å². The molecule has 1 aromatic carbocycles. The molecule has 0 amide bonds. The highest BCUT2D eigenvalue weighted by molar-refractivity contribution is 5.32. The Morgan fingerprint density at radius 3 is 1.81 bits per heavy atom. The van der Waals surface area contributed by atoms with Gasteiger partial charge in [-0.3, -0.25) is 9.69 Å². The van der Waals surface area contributed by atoms with Crippen molar-refractivity contribution in [1.82, 2.24) is 4.90 Å². The lowest BCUT2D eigenvalue weighted by molar-refractivity contribution is -0.122. The molecule has 3 nitrogen and oxygen atoms in total. The average Bonchev–Trinajstić information content (AvgIpc) is 3.17. The predicted octanol–water partition coefficient (Wildman–Crippen LogP) is 6.69. The van der Waals surface area contributed by atoms with Crippen LogP contribution < -0.4 is 0 Å². The molecule has 27 heavy (non-hydrogen) atoms. The molecule has 0 saturated carbocycles. The fraction of sp³-hybridized carbons (Fsp3) is 0.708. The van der Waals surface area contributed by atoms with Crippen LogP contribution in [0.5, 0.6) is 0 Å². The Morgan fingerprint density at radius 1 is 0.852 bits per heavy atom. The molecule has 0 aromatic heterocycles. The molecule has 1 saturated heterocycles. The minimum atomic E-state index is -0.250. The summed E-state index contributed by atoms with van der Waals surface area (Å²) in [6, 6.07) is 9.38. The van der Waals surface area contributed by atoms with Gasteiger partial charge in [0.2, 0.25) is 0 Å². The summed E-state index contributed by atoms with van der Waals surface area (Å²) in [5, 5.41) is 6.89. The normalized spacial score (nSPS) is 13.3. The molecule has 0 atom stereocenters. The topological polar surface area (TPSA) is 40.5 Å². The second-order valence-corrected chi connectivity index (χ2v) is 7.48. The van der Waals surface area contributed by atoms with Crippen LogP contribution in [-0.4, -0.2) is 29.6 Å². The standard InChI is InChI=1S/C20H33N.C3H8.CH2O2/c1-2-3-4-5-6-7-8-11-19-12-14-20(15-13-19)18-21-16-9-10-17-21;1-3-2;2-1-3/h12-15H,2-11,16-18H2,1H3;3H2,1-2H3;1H,(H,2,3). The minimum Gasteiger partial charge on any atom is -0.483 e. The molecule has 156 valence electrons. The van der Waals surface area contributed by atoms with Crippen LogP contribution in [0.4, 0.5) is 0 Å². The number of carboxylic acid groups (broad SMARTS) is 1. The number of hydrogen-bond acceptors (Lipinski definition) is 2. The van der Waals surface area contributed by atoms with E-state index in [4.69, 9.17) is 9.90 Å². The minimum absolute atomic E-state index is 0.250. The number of rotatable bonds is 10. The van der Waals surface area contributed by atoms with Crippen molar-refractivity contribution in [2.45, 2.75) is 97.9 Å². The van der Waals surface area contributed by atoms with Gasteiger partial charge in [-0.15, -0.1) is 0 Å². The third-order valence-electron chi connectivity index (χ3n) is 4.70. The number of aryl methyl sites for hydroxylation is 1. The smallest absolute Gasteiger partial charge is 0.290 e. The molecule has 1 heterocycles. The fourth-order valence-corrected chi connectivity index (χ4v) is 3.30. The van der Waals surface area contributed by atoms with Gasteiger partial charge in [0.1, 0.15) is 0 Å². The summed E-state index contributed by atoms with van der Waals surface area (Å²) in [6.45, 7) is 10.0. The highest BCUT2D eigenvalue weighted by Crippen LogP contribution is 2.15. The number of nitrogens with zero attached hydrogens (tertiary/aromatic N) is 1. The molecule has 1 aromatic rings. The van der Waals surface area contributed by atoms with Gasteiger partial charge in [0, 0.05) is 6.54 Å². The SMILES string of the molecule is CCC.CCCCCCCCCc1ccc(CN2CCCC2)cc1.O=CO. The lowest BCUT2D eigenvalue weighted by Crippen LogP contribution is -2.18. The second kappa shape index (κ2) is 19.4. The van der Waals surface area contributed by atoms with Gasteiger partial charge in [-0.25, -0.2) is 0 Å². The summed E-state index contributed by atoms with van der Waals surface area (Å²) in [5.41, 5.74) is 3.01. The van der Waals surface area contributed by atoms with E-state index in [9.17, 15) is 0 Å². The largest absolute Gasteiger partial charge is 0.483 e. The number of carbonyl (C=O) groups is 1. The summed E-state index contributed by atoms with van der Waals surface area (Å²) < 4.78 is 0. The maximum absolute atomic E-state index is 8.36. The molecule has 0 bridgehead atoms. The van der Waals surface area contributed by atoms with Gasteiger partial charge in [-0.1, -0.05) is 90.0 Å². The van der Waals surface area contributed by atoms with Crippen LogP contribution in [0.3, 0.4) is 0 Å². The molecule has 0 unspecified atom stereocenters. The monoisotopic (exact) mass is 377 g/mol. The third-order valence-corrected chi connectivity index (χ3v) is 4.70. The molecule has 0 aliphatic carbocycles. The van der Waals surface area contributed by atoms with Crippen molar-refractivity contribution in [3.63, 3.8) is 0 Å². The molecule has 1 aliphatic rings. The van der Waals surface area contributed by atoms with Crippen LogP contribution in [-0.2, 0) is 17.8 Å². The van der Waals surface area contributed by atoms with Gasteiger partial charge in [-0.05, 0) is 49.9 Å². The van der Waals surface area contributed by atoms with Crippen molar-refractivity contribution in [2.75, 3.05) is 13.1 Å². The molecule has 1 aliphatic heterocycles. The number of hydrogen-bond donors (Lipinski definition) is 1. The van der Waals surface area contributed by atoms with Crippen molar-refractivity contribution >= 4 is 6.47 Å². The zero-order valence-electron chi connectivity index (χ0n) is 18.1. The van der Waals surface area contributed by atoms with Gasteiger partial charge in [0.15, 0.2) is 0 Å². The zero-order chi connectivity index (χ0) is 20.2. The van der Waals surface area contributed by atoms with Crippen molar-refractivity contribution < 1.29 is 9.90 Å². The van der Waals surface area contributed by atoms with Crippen LogP contribution in [0.15, 0.2) is 24.3 Å². The fourth-order valence-electron chi connectivity index (χ4n) is 3.30. The zero-order valence-corrected chi connectivity index (χ0v) is 18.1. The Balaban J connectivity index is 0.000000997. The van der Waals surface area contributed by atoms with Gasteiger partial charge in [0.25, 0.3) is 6.47 Å². The summed E-state index contributed by atoms with van der Waals surface area (Å²) in [4.78, 5) is 10.9. The Morgan fingerprint density at radius 2 is 1.30 bits per heavy atom. The second-order valence-electron chi connectivity index (χ2n) is 7.48.